The minimum atomic E-state index is -0.329. The first kappa shape index (κ1) is 21.3. The molecular formula is C26H23FN2O3. The molecule has 0 atom stereocenters. The van der Waals surface area contributed by atoms with Crippen molar-refractivity contribution in [1.82, 2.24) is 4.98 Å². The molecule has 0 saturated carbocycles. The van der Waals surface area contributed by atoms with Crippen LogP contribution in [0.25, 0.3) is 22.2 Å². The summed E-state index contributed by atoms with van der Waals surface area (Å²) in [5, 5.41) is 3.68. The van der Waals surface area contributed by atoms with E-state index in [0.29, 0.717) is 28.4 Å². The van der Waals surface area contributed by atoms with Crippen LogP contribution in [0.4, 0.5) is 10.1 Å². The van der Waals surface area contributed by atoms with Crippen molar-refractivity contribution in [3.8, 4) is 22.8 Å². The standard InChI is InChI=1S/C26H23FN2O3/c1-15-11-16(2)25-20(12-15)21(14-22(28-25)17-5-7-18(27)8-6-17)26(30)29-23-13-19(31-3)9-10-24(23)32-4/h5-14H,1-4H3,(H,29,30). The van der Waals surface area contributed by atoms with Crippen molar-refractivity contribution >= 4 is 22.5 Å². The van der Waals surface area contributed by atoms with Crippen molar-refractivity contribution in [2.24, 2.45) is 0 Å². The summed E-state index contributed by atoms with van der Waals surface area (Å²) >= 11 is 0. The average Bonchev–Trinajstić information content (AvgIpc) is 2.79. The molecule has 6 heteroatoms. The van der Waals surface area contributed by atoms with Gasteiger partial charge in [0.15, 0.2) is 0 Å². The van der Waals surface area contributed by atoms with Crippen LogP contribution in [0.15, 0.2) is 60.7 Å². The number of methoxy groups -OCH3 is 2. The van der Waals surface area contributed by atoms with E-state index in [1.807, 2.05) is 26.0 Å². The van der Waals surface area contributed by atoms with E-state index in [0.717, 1.165) is 27.6 Å². The average molecular weight is 430 g/mol. The minimum Gasteiger partial charge on any atom is -0.497 e. The topological polar surface area (TPSA) is 60.5 Å². The van der Waals surface area contributed by atoms with E-state index < -0.39 is 0 Å². The third-order valence-corrected chi connectivity index (χ3v) is 5.29. The number of hydrogen-bond donors (Lipinski definition) is 1. The van der Waals surface area contributed by atoms with Crippen molar-refractivity contribution in [1.29, 1.82) is 0 Å². The highest BCUT2D eigenvalue weighted by atomic mass is 19.1. The lowest BCUT2D eigenvalue weighted by Gasteiger charge is -2.15. The highest BCUT2D eigenvalue weighted by molar-refractivity contribution is 6.14. The molecule has 1 aromatic heterocycles. The van der Waals surface area contributed by atoms with Gasteiger partial charge in [-0.2, -0.15) is 0 Å². The van der Waals surface area contributed by atoms with Crippen LogP contribution < -0.4 is 14.8 Å². The minimum absolute atomic E-state index is 0.308. The molecule has 0 saturated heterocycles. The lowest BCUT2D eigenvalue weighted by molar-refractivity contribution is 0.102. The molecule has 0 unspecified atom stereocenters. The second-order valence-corrected chi connectivity index (χ2v) is 7.56. The molecule has 1 amide bonds. The predicted octanol–water partition coefficient (Wildman–Crippen LogP) is 5.93. The number of halogens is 1. The van der Waals surface area contributed by atoms with E-state index >= 15 is 0 Å². The number of carbonyl (C=O) groups excluding carboxylic acids is 1. The van der Waals surface area contributed by atoms with Gasteiger partial charge in [-0.3, -0.25) is 4.79 Å². The monoisotopic (exact) mass is 430 g/mol. The van der Waals surface area contributed by atoms with E-state index in [9.17, 15) is 9.18 Å². The van der Waals surface area contributed by atoms with Crippen molar-refractivity contribution in [2.75, 3.05) is 19.5 Å². The van der Waals surface area contributed by atoms with Gasteiger partial charge in [0.2, 0.25) is 0 Å². The van der Waals surface area contributed by atoms with Crippen LogP contribution in [-0.2, 0) is 0 Å². The van der Waals surface area contributed by atoms with Gasteiger partial charge in [0, 0.05) is 17.0 Å². The molecule has 4 aromatic rings. The lowest BCUT2D eigenvalue weighted by Crippen LogP contribution is -2.14. The zero-order valence-electron chi connectivity index (χ0n) is 18.3. The number of hydrogen-bond acceptors (Lipinski definition) is 4. The Kier molecular flexibility index (Phi) is 5.77. The van der Waals surface area contributed by atoms with Gasteiger partial charge in [-0.15, -0.1) is 0 Å². The number of nitrogens with zero attached hydrogens (tertiary/aromatic N) is 1. The second-order valence-electron chi connectivity index (χ2n) is 7.56. The third-order valence-electron chi connectivity index (χ3n) is 5.29. The number of nitrogens with one attached hydrogen (secondary N) is 1. The Labute approximate surface area is 185 Å². The number of anilines is 1. The fourth-order valence-corrected chi connectivity index (χ4v) is 3.74. The Bertz CT molecular complexity index is 1320. The molecule has 3 aromatic carbocycles. The summed E-state index contributed by atoms with van der Waals surface area (Å²) in [6, 6.07) is 17.0. The number of amides is 1. The molecule has 0 bridgehead atoms. The summed E-state index contributed by atoms with van der Waals surface area (Å²) in [5.41, 5.74) is 4.98. The van der Waals surface area contributed by atoms with Crippen LogP contribution in [0.2, 0.25) is 0 Å². The smallest absolute Gasteiger partial charge is 0.256 e. The molecule has 162 valence electrons. The predicted molar refractivity (Wildman–Crippen MR) is 124 cm³/mol. The Morgan fingerprint density at radius 2 is 1.69 bits per heavy atom. The molecule has 0 aliphatic heterocycles. The summed E-state index contributed by atoms with van der Waals surface area (Å²) in [6.07, 6.45) is 0. The number of carbonyl (C=O) groups is 1. The summed E-state index contributed by atoms with van der Waals surface area (Å²) in [5.74, 6) is 0.477. The maximum atomic E-state index is 13.5. The van der Waals surface area contributed by atoms with Gasteiger partial charge < -0.3 is 14.8 Å². The van der Waals surface area contributed by atoms with E-state index in [-0.39, 0.29) is 11.7 Å². The maximum Gasteiger partial charge on any atom is 0.256 e. The summed E-state index contributed by atoms with van der Waals surface area (Å²) < 4.78 is 24.1. The molecule has 1 N–H and O–H groups in total. The summed E-state index contributed by atoms with van der Waals surface area (Å²) in [4.78, 5) is 18.2. The van der Waals surface area contributed by atoms with Crippen molar-refractivity contribution < 1.29 is 18.7 Å². The van der Waals surface area contributed by atoms with E-state index in [1.54, 1.807) is 50.6 Å². The van der Waals surface area contributed by atoms with Crippen molar-refractivity contribution in [3.63, 3.8) is 0 Å². The molecule has 32 heavy (non-hydrogen) atoms. The van der Waals surface area contributed by atoms with Crippen LogP contribution in [-0.4, -0.2) is 25.1 Å². The van der Waals surface area contributed by atoms with Gasteiger partial charge in [0.05, 0.1) is 36.7 Å². The fraction of sp³-hybridized carbons (Fsp3) is 0.154. The zero-order chi connectivity index (χ0) is 22.8. The molecule has 0 aliphatic rings. The van der Waals surface area contributed by atoms with Crippen LogP contribution in [0.5, 0.6) is 11.5 Å². The molecule has 1 heterocycles. The van der Waals surface area contributed by atoms with Crippen molar-refractivity contribution in [2.45, 2.75) is 13.8 Å². The van der Waals surface area contributed by atoms with Crippen LogP contribution >= 0.6 is 0 Å². The van der Waals surface area contributed by atoms with Gasteiger partial charge in [-0.05, 0) is 67.9 Å². The number of benzene rings is 3. The molecular weight excluding hydrogens is 407 g/mol. The number of pyridine rings is 1. The first-order valence-electron chi connectivity index (χ1n) is 10.1. The molecule has 5 nitrogen and oxygen atoms in total. The SMILES string of the molecule is COc1ccc(OC)c(NC(=O)c2cc(-c3ccc(F)cc3)nc3c(C)cc(C)cc23)c1. The number of fused-ring (bicyclic) bond motifs is 1. The molecule has 4 rings (SSSR count). The van der Waals surface area contributed by atoms with Gasteiger partial charge in [-0.25, -0.2) is 9.37 Å². The van der Waals surface area contributed by atoms with E-state index in [1.165, 1.54) is 12.1 Å². The number of aromatic nitrogens is 1. The molecule has 0 radical (unpaired) electrons. The second kappa shape index (κ2) is 8.67. The number of aryl methyl sites for hydroxylation is 2. The number of rotatable bonds is 5. The van der Waals surface area contributed by atoms with E-state index in [4.69, 9.17) is 14.5 Å². The van der Waals surface area contributed by atoms with Gasteiger partial charge in [0.25, 0.3) is 5.91 Å². The Morgan fingerprint density at radius 1 is 0.938 bits per heavy atom. The molecule has 0 spiro atoms. The van der Waals surface area contributed by atoms with Gasteiger partial charge >= 0.3 is 0 Å². The van der Waals surface area contributed by atoms with Crippen molar-refractivity contribution in [3.05, 3.63) is 83.2 Å². The quantitative estimate of drug-likeness (QED) is 0.426. The summed E-state index contributed by atoms with van der Waals surface area (Å²) in [6.45, 7) is 3.94. The lowest BCUT2D eigenvalue weighted by atomic mass is 9.99. The first-order chi connectivity index (χ1) is 15.4. The first-order valence-corrected chi connectivity index (χ1v) is 10.1. The number of ether oxygens (including phenoxy) is 2. The Hall–Kier alpha value is -3.93. The van der Waals surface area contributed by atoms with Crippen LogP contribution in [0, 0.1) is 19.7 Å². The highest BCUT2D eigenvalue weighted by Crippen LogP contribution is 2.32. The largest absolute Gasteiger partial charge is 0.497 e. The zero-order valence-corrected chi connectivity index (χ0v) is 18.3. The van der Waals surface area contributed by atoms with E-state index in [2.05, 4.69) is 5.32 Å². The Morgan fingerprint density at radius 3 is 2.38 bits per heavy atom. The normalized spacial score (nSPS) is 10.8. The van der Waals surface area contributed by atoms with Gasteiger partial charge in [0.1, 0.15) is 17.3 Å². The molecule has 0 aliphatic carbocycles. The summed E-state index contributed by atoms with van der Waals surface area (Å²) in [7, 11) is 3.10. The van der Waals surface area contributed by atoms with Crippen LogP contribution in [0.3, 0.4) is 0 Å². The third kappa shape index (κ3) is 4.12. The Balaban J connectivity index is 1.87. The fourth-order valence-electron chi connectivity index (χ4n) is 3.74. The van der Waals surface area contributed by atoms with Gasteiger partial charge in [-0.1, -0.05) is 11.6 Å². The van der Waals surface area contributed by atoms with Crippen LogP contribution in [0.1, 0.15) is 21.5 Å². The molecule has 0 fully saturated rings. The maximum absolute atomic E-state index is 13.5. The highest BCUT2D eigenvalue weighted by Gasteiger charge is 2.18.